The Hall–Kier alpha value is -1.02. The summed E-state index contributed by atoms with van der Waals surface area (Å²) in [5.74, 6) is 1.75. The molecule has 0 saturated carbocycles. The fourth-order valence-corrected chi connectivity index (χ4v) is 3.07. The highest BCUT2D eigenvalue weighted by Gasteiger charge is 2.49. The van der Waals surface area contributed by atoms with Gasteiger partial charge in [0.2, 0.25) is 0 Å². The summed E-state index contributed by atoms with van der Waals surface area (Å²) in [6, 6.07) is 8.49. The van der Waals surface area contributed by atoms with Gasteiger partial charge in [-0.2, -0.15) is 0 Å². The van der Waals surface area contributed by atoms with E-state index < -0.39 is 0 Å². The Bertz CT molecular complexity index is 440. The minimum absolute atomic E-state index is 0.176. The molecule has 1 heterocycles. The Labute approximate surface area is 136 Å². The highest BCUT2D eigenvalue weighted by atomic mass is 16.6. The maximum atomic E-state index is 5.89. The summed E-state index contributed by atoms with van der Waals surface area (Å²) in [4.78, 5) is 0. The third kappa shape index (κ3) is 4.74. The van der Waals surface area contributed by atoms with E-state index >= 15 is 0 Å². The molecule has 2 nitrogen and oxygen atoms in total. The molecule has 1 aromatic carbocycles. The molecule has 1 fully saturated rings. The number of aryl methyl sites for hydroxylation is 1. The zero-order valence-corrected chi connectivity index (χ0v) is 14.7. The van der Waals surface area contributed by atoms with Crippen molar-refractivity contribution >= 4 is 0 Å². The number of hydrogen-bond donors (Lipinski definition) is 0. The predicted molar refractivity (Wildman–Crippen MR) is 92.5 cm³/mol. The number of hydrogen-bond acceptors (Lipinski definition) is 2. The Morgan fingerprint density at radius 2 is 1.86 bits per heavy atom. The van der Waals surface area contributed by atoms with E-state index in [0.717, 1.165) is 37.5 Å². The molecule has 1 aromatic rings. The fraction of sp³-hybridized carbons (Fsp3) is 0.700. The first kappa shape index (κ1) is 17.3. The first-order valence-electron chi connectivity index (χ1n) is 9.00. The van der Waals surface area contributed by atoms with E-state index in [2.05, 4.69) is 52.0 Å². The van der Waals surface area contributed by atoms with Gasteiger partial charge in [0, 0.05) is 0 Å². The van der Waals surface area contributed by atoms with Crippen LogP contribution in [0.2, 0.25) is 0 Å². The van der Waals surface area contributed by atoms with E-state index in [0.29, 0.717) is 6.10 Å². The third-order valence-corrected chi connectivity index (χ3v) is 5.28. The van der Waals surface area contributed by atoms with Gasteiger partial charge < -0.3 is 9.47 Å². The average Bonchev–Trinajstić information content (AvgIpc) is 3.22. The zero-order chi connectivity index (χ0) is 16.0. The highest BCUT2D eigenvalue weighted by Crippen LogP contribution is 2.42. The van der Waals surface area contributed by atoms with Gasteiger partial charge in [-0.1, -0.05) is 39.3 Å². The summed E-state index contributed by atoms with van der Waals surface area (Å²) in [6.45, 7) is 9.74. The third-order valence-electron chi connectivity index (χ3n) is 5.28. The molecule has 22 heavy (non-hydrogen) atoms. The summed E-state index contributed by atoms with van der Waals surface area (Å²) >= 11 is 0. The number of ether oxygens (including phenoxy) is 2. The van der Waals surface area contributed by atoms with Gasteiger partial charge in [-0.15, -0.1) is 0 Å². The molecule has 0 amide bonds. The second-order valence-corrected chi connectivity index (χ2v) is 6.76. The molecule has 0 bridgehead atoms. The summed E-state index contributed by atoms with van der Waals surface area (Å²) in [7, 11) is 0. The number of benzene rings is 1. The molecule has 1 aliphatic heterocycles. The van der Waals surface area contributed by atoms with Crippen LogP contribution in [0.5, 0.6) is 5.75 Å². The lowest BCUT2D eigenvalue weighted by Gasteiger charge is -2.15. The Balaban J connectivity index is 1.65. The molecule has 1 saturated heterocycles. The van der Waals surface area contributed by atoms with Gasteiger partial charge in [0.05, 0.1) is 18.3 Å². The van der Waals surface area contributed by atoms with Crippen LogP contribution >= 0.6 is 0 Å². The largest absolute Gasteiger partial charge is 0.494 e. The molecular weight excluding hydrogens is 272 g/mol. The molecule has 3 unspecified atom stereocenters. The van der Waals surface area contributed by atoms with Gasteiger partial charge in [0.15, 0.2) is 0 Å². The van der Waals surface area contributed by atoms with Crippen molar-refractivity contribution in [2.24, 2.45) is 5.92 Å². The molecule has 0 N–H and O–H groups in total. The zero-order valence-electron chi connectivity index (χ0n) is 14.7. The second kappa shape index (κ2) is 8.01. The van der Waals surface area contributed by atoms with Crippen molar-refractivity contribution in [3.8, 4) is 5.75 Å². The van der Waals surface area contributed by atoms with E-state index in [1.165, 1.54) is 24.8 Å². The Kier molecular flexibility index (Phi) is 6.31. The molecule has 2 heteroatoms. The van der Waals surface area contributed by atoms with E-state index in [4.69, 9.17) is 9.47 Å². The molecule has 2 rings (SSSR count). The lowest BCUT2D eigenvalue weighted by molar-refractivity contribution is 0.259. The first-order valence-corrected chi connectivity index (χ1v) is 9.00. The van der Waals surface area contributed by atoms with Crippen molar-refractivity contribution in [2.45, 2.75) is 77.9 Å². The van der Waals surface area contributed by atoms with Crippen LogP contribution in [0.25, 0.3) is 0 Å². The SMILES string of the molecule is CCc1ccc(OCCC(CC)CCC2OC2(C)CC)cc1. The summed E-state index contributed by atoms with van der Waals surface area (Å²) in [5.41, 5.74) is 1.54. The predicted octanol–water partition coefficient (Wildman–Crippen LogP) is 5.39. The van der Waals surface area contributed by atoms with Crippen molar-refractivity contribution in [2.75, 3.05) is 6.61 Å². The maximum absolute atomic E-state index is 5.89. The first-order chi connectivity index (χ1) is 10.6. The second-order valence-electron chi connectivity index (χ2n) is 6.76. The van der Waals surface area contributed by atoms with E-state index in [-0.39, 0.29) is 5.60 Å². The summed E-state index contributed by atoms with van der Waals surface area (Å²) in [6.07, 6.45) is 7.54. The van der Waals surface area contributed by atoms with Crippen molar-refractivity contribution in [3.05, 3.63) is 29.8 Å². The van der Waals surface area contributed by atoms with Crippen molar-refractivity contribution in [1.82, 2.24) is 0 Å². The van der Waals surface area contributed by atoms with Crippen molar-refractivity contribution in [3.63, 3.8) is 0 Å². The van der Waals surface area contributed by atoms with Gasteiger partial charge in [-0.3, -0.25) is 0 Å². The molecule has 124 valence electrons. The number of epoxide rings is 1. The van der Waals surface area contributed by atoms with Crippen LogP contribution in [-0.2, 0) is 11.2 Å². The minimum Gasteiger partial charge on any atom is -0.494 e. The van der Waals surface area contributed by atoms with Crippen LogP contribution in [0.1, 0.15) is 65.4 Å². The van der Waals surface area contributed by atoms with Gasteiger partial charge in [0.25, 0.3) is 0 Å². The van der Waals surface area contributed by atoms with E-state index in [9.17, 15) is 0 Å². The highest BCUT2D eigenvalue weighted by molar-refractivity contribution is 5.27. The molecule has 0 aliphatic carbocycles. The van der Waals surface area contributed by atoms with E-state index in [1.807, 2.05) is 0 Å². The van der Waals surface area contributed by atoms with Crippen LogP contribution in [0.3, 0.4) is 0 Å². The quantitative estimate of drug-likeness (QED) is 0.540. The average molecular weight is 304 g/mol. The van der Waals surface area contributed by atoms with Crippen molar-refractivity contribution in [1.29, 1.82) is 0 Å². The molecule has 1 aliphatic rings. The van der Waals surface area contributed by atoms with Crippen LogP contribution in [0, 0.1) is 5.92 Å². The summed E-state index contributed by atoms with van der Waals surface area (Å²) in [5, 5.41) is 0. The van der Waals surface area contributed by atoms with E-state index in [1.54, 1.807) is 0 Å². The minimum atomic E-state index is 0.176. The summed E-state index contributed by atoms with van der Waals surface area (Å²) < 4.78 is 11.7. The molecule has 0 aromatic heterocycles. The van der Waals surface area contributed by atoms with Gasteiger partial charge >= 0.3 is 0 Å². The monoisotopic (exact) mass is 304 g/mol. The van der Waals surface area contributed by atoms with Crippen LogP contribution in [0.4, 0.5) is 0 Å². The lowest BCUT2D eigenvalue weighted by atomic mass is 9.93. The van der Waals surface area contributed by atoms with Crippen LogP contribution in [0.15, 0.2) is 24.3 Å². The van der Waals surface area contributed by atoms with Crippen molar-refractivity contribution < 1.29 is 9.47 Å². The molecule has 3 atom stereocenters. The van der Waals surface area contributed by atoms with Crippen LogP contribution in [-0.4, -0.2) is 18.3 Å². The molecule has 0 spiro atoms. The Morgan fingerprint density at radius 1 is 1.14 bits per heavy atom. The smallest absolute Gasteiger partial charge is 0.119 e. The molecular formula is C20H32O2. The van der Waals surface area contributed by atoms with Crippen LogP contribution < -0.4 is 4.74 Å². The standard InChI is InChI=1S/C20H32O2/c1-5-16-8-11-18(12-9-16)21-15-14-17(6-2)10-13-19-20(4,7-3)22-19/h8-9,11-12,17,19H,5-7,10,13-15H2,1-4H3. The van der Waals surface area contributed by atoms with Gasteiger partial charge in [0.1, 0.15) is 5.75 Å². The number of rotatable bonds is 10. The van der Waals surface area contributed by atoms with Gasteiger partial charge in [-0.25, -0.2) is 0 Å². The van der Waals surface area contributed by atoms with Gasteiger partial charge in [-0.05, 0) is 62.6 Å². The molecule has 0 radical (unpaired) electrons. The topological polar surface area (TPSA) is 21.8 Å². The fourth-order valence-electron chi connectivity index (χ4n) is 3.07. The lowest BCUT2D eigenvalue weighted by Crippen LogP contribution is -2.11. The Morgan fingerprint density at radius 3 is 2.41 bits per heavy atom. The normalized spacial score (nSPS) is 25.0. The maximum Gasteiger partial charge on any atom is 0.119 e.